The number of ether oxygens (including phenoxy) is 1. The molecule has 0 saturated carbocycles. The zero-order valence-corrected chi connectivity index (χ0v) is 18.2. The van der Waals surface area contributed by atoms with E-state index in [9.17, 15) is 30.0 Å². The van der Waals surface area contributed by atoms with Crippen LogP contribution >= 0.6 is 0 Å². The summed E-state index contributed by atoms with van der Waals surface area (Å²) in [5.41, 5.74) is 0.215. The lowest BCUT2D eigenvalue weighted by atomic mass is 10.3. The van der Waals surface area contributed by atoms with Crippen LogP contribution < -0.4 is 4.74 Å². The fourth-order valence-electron chi connectivity index (χ4n) is 3.29. The Bertz CT molecular complexity index is 1130. The van der Waals surface area contributed by atoms with Crippen LogP contribution in [0.4, 0.5) is 13.2 Å². The summed E-state index contributed by atoms with van der Waals surface area (Å²) in [5, 5.41) is 3.66. The van der Waals surface area contributed by atoms with E-state index < -0.39 is 32.2 Å². The first-order valence-corrected chi connectivity index (χ1v) is 12.0. The van der Waals surface area contributed by atoms with Crippen molar-refractivity contribution in [1.82, 2.24) is 13.8 Å². The van der Waals surface area contributed by atoms with Gasteiger partial charge in [0.05, 0.1) is 4.90 Å². The van der Waals surface area contributed by atoms with Gasteiger partial charge in [0.15, 0.2) is 5.76 Å². The Labute approximate surface area is 177 Å². The normalized spacial score (nSPS) is 17.5. The van der Waals surface area contributed by atoms with E-state index >= 15 is 0 Å². The van der Waals surface area contributed by atoms with E-state index in [4.69, 9.17) is 4.52 Å². The summed E-state index contributed by atoms with van der Waals surface area (Å²) in [4.78, 5) is -0.256. The number of alkyl halides is 3. The first kappa shape index (κ1) is 23.5. The third kappa shape index (κ3) is 5.02. The minimum atomic E-state index is -4.89. The highest BCUT2D eigenvalue weighted by atomic mass is 32.2. The van der Waals surface area contributed by atoms with Crippen LogP contribution in [0.2, 0.25) is 0 Å². The Kier molecular flexibility index (Phi) is 6.37. The second-order valence-corrected chi connectivity index (χ2v) is 10.6. The quantitative estimate of drug-likeness (QED) is 0.642. The fourth-order valence-corrected chi connectivity index (χ4v) is 6.52. The van der Waals surface area contributed by atoms with E-state index in [2.05, 4.69) is 9.89 Å². The lowest BCUT2D eigenvalue weighted by molar-refractivity contribution is -0.274. The highest BCUT2D eigenvalue weighted by Gasteiger charge is 2.35. The molecule has 0 radical (unpaired) electrons. The highest BCUT2D eigenvalue weighted by Crippen LogP contribution is 2.27. The molecule has 0 spiro atoms. The molecule has 9 nitrogen and oxygen atoms in total. The molecule has 1 aliphatic heterocycles. The Morgan fingerprint density at radius 1 is 0.935 bits per heavy atom. The fraction of sp³-hybridized carbons (Fsp3) is 0.471. The van der Waals surface area contributed by atoms with Gasteiger partial charge in [-0.1, -0.05) is 5.16 Å². The number of rotatable bonds is 5. The standard InChI is InChI=1S/C17H20F3N3O6S2/c1-12-16(13(2)29-21-12)31(26,27)23-9-3-8-22(10-11-23)30(24,25)15-6-4-14(5-7-15)28-17(18,19)20/h4-7H,3,8-11H2,1-2H3. The maximum absolute atomic E-state index is 13.0. The van der Waals surface area contributed by atoms with Crippen molar-refractivity contribution in [3.8, 4) is 5.75 Å². The number of hydrogen-bond donors (Lipinski definition) is 0. The molecule has 0 amide bonds. The number of halogens is 3. The largest absolute Gasteiger partial charge is 0.573 e. The van der Waals surface area contributed by atoms with Gasteiger partial charge in [-0.2, -0.15) is 8.61 Å². The maximum atomic E-state index is 13.0. The van der Waals surface area contributed by atoms with Crippen molar-refractivity contribution < 1.29 is 39.3 Å². The Hall–Kier alpha value is -2.16. The van der Waals surface area contributed by atoms with Gasteiger partial charge in [-0.3, -0.25) is 0 Å². The summed E-state index contributed by atoms with van der Waals surface area (Å²) >= 11 is 0. The maximum Gasteiger partial charge on any atom is 0.573 e. The van der Waals surface area contributed by atoms with Gasteiger partial charge in [0.1, 0.15) is 16.3 Å². The van der Waals surface area contributed by atoms with E-state index in [-0.39, 0.29) is 53.8 Å². The molecular formula is C17H20F3N3O6S2. The Morgan fingerprint density at radius 3 is 1.97 bits per heavy atom. The minimum Gasteiger partial charge on any atom is -0.406 e. The number of nitrogens with zero attached hydrogens (tertiary/aromatic N) is 3. The zero-order valence-electron chi connectivity index (χ0n) is 16.6. The highest BCUT2D eigenvalue weighted by molar-refractivity contribution is 7.89. The van der Waals surface area contributed by atoms with Crippen LogP contribution in [0.1, 0.15) is 17.9 Å². The van der Waals surface area contributed by atoms with E-state index in [1.807, 2.05) is 0 Å². The number of benzene rings is 1. The molecule has 0 aliphatic carbocycles. The monoisotopic (exact) mass is 483 g/mol. The average molecular weight is 483 g/mol. The predicted octanol–water partition coefficient (Wildman–Crippen LogP) is 2.28. The number of sulfonamides is 2. The van der Waals surface area contributed by atoms with Crippen molar-refractivity contribution in [2.75, 3.05) is 26.2 Å². The molecule has 3 rings (SSSR count). The molecule has 1 aromatic carbocycles. The molecule has 0 bridgehead atoms. The summed E-state index contributed by atoms with van der Waals surface area (Å²) in [5.74, 6) is -0.397. The Balaban J connectivity index is 1.77. The van der Waals surface area contributed by atoms with E-state index in [1.165, 1.54) is 18.2 Å². The van der Waals surface area contributed by atoms with Crippen LogP contribution in [-0.4, -0.2) is 63.1 Å². The van der Waals surface area contributed by atoms with Crippen molar-refractivity contribution in [2.45, 2.75) is 36.4 Å². The summed E-state index contributed by atoms with van der Waals surface area (Å²) in [6.45, 7) is 2.91. The van der Waals surface area contributed by atoms with Crippen molar-refractivity contribution in [1.29, 1.82) is 0 Å². The first-order valence-electron chi connectivity index (χ1n) is 9.11. The zero-order chi connectivity index (χ0) is 23.0. The third-order valence-electron chi connectivity index (χ3n) is 4.67. The molecule has 1 aromatic heterocycles. The molecule has 0 N–H and O–H groups in total. The van der Waals surface area contributed by atoms with Crippen molar-refractivity contribution in [3.63, 3.8) is 0 Å². The Morgan fingerprint density at radius 2 is 1.48 bits per heavy atom. The number of aromatic nitrogens is 1. The molecule has 0 atom stereocenters. The predicted molar refractivity (Wildman–Crippen MR) is 101 cm³/mol. The SMILES string of the molecule is Cc1noc(C)c1S(=O)(=O)N1CCCN(S(=O)(=O)c2ccc(OC(F)(F)F)cc2)CC1. The van der Waals surface area contributed by atoms with Gasteiger partial charge in [-0.15, -0.1) is 13.2 Å². The van der Waals surface area contributed by atoms with Crippen molar-refractivity contribution in [3.05, 3.63) is 35.7 Å². The van der Waals surface area contributed by atoms with Gasteiger partial charge < -0.3 is 9.26 Å². The second kappa shape index (κ2) is 8.41. The van der Waals surface area contributed by atoms with Crippen LogP contribution in [0, 0.1) is 13.8 Å². The lowest BCUT2D eigenvalue weighted by Crippen LogP contribution is -2.37. The molecule has 2 aromatic rings. The minimum absolute atomic E-state index is 0.0379. The molecule has 1 fully saturated rings. The summed E-state index contributed by atoms with van der Waals surface area (Å²) in [6, 6.07) is 3.85. The van der Waals surface area contributed by atoms with Crippen molar-refractivity contribution in [2.24, 2.45) is 0 Å². The van der Waals surface area contributed by atoms with Crippen LogP contribution in [-0.2, 0) is 20.0 Å². The van der Waals surface area contributed by atoms with Crippen LogP contribution in [0.25, 0.3) is 0 Å². The second-order valence-electron chi connectivity index (χ2n) is 6.83. The van der Waals surface area contributed by atoms with Gasteiger partial charge in [0.25, 0.3) is 0 Å². The van der Waals surface area contributed by atoms with E-state index in [0.717, 1.165) is 28.6 Å². The lowest BCUT2D eigenvalue weighted by Gasteiger charge is -2.21. The van der Waals surface area contributed by atoms with Crippen LogP contribution in [0.5, 0.6) is 5.75 Å². The molecular weight excluding hydrogens is 463 g/mol. The topological polar surface area (TPSA) is 110 Å². The van der Waals surface area contributed by atoms with Gasteiger partial charge in [-0.25, -0.2) is 16.8 Å². The van der Waals surface area contributed by atoms with E-state index in [0.29, 0.717) is 0 Å². The number of hydrogen-bond acceptors (Lipinski definition) is 7. The summed E-state index contributed by atoms with van der Waals surface area (Å²) < 4.78 is 99.6. The van der Waals surface area contributed by atoms with Crippen LogP contribution in [0.15, 0.2) is 38.6 Å². The van der Waals surface area contributed by atoms with Gasteiger partial charge >= 0.3 is 6.36 Å². The molecule has 1 saturated heterocycles. The molecule has 31 heavy (non-hydrogen) atoms. The summed E-state index contributed by atoms with van der Waals surface area (Å²) in [6.07, 6.45) is -4.65. The molecule has 0 unspecified atom stereocenters. The smallest absolute Gasteiger partial charge is 0.406 e. The van der Waals surface area contributed by atoms with Gasteiger partial charge in [0.2, 0.25) is 20.0 Å². The molecule has 172 valence electrons. The van der Waals surface area contributed by atoms with Crippen molar-refractivity contribution >= 4 is 20.0 Å². The summed E-state index contributed by atoms with van der Waals surface area (Å²) in [7, 11) is -7.97. The van der Waals surface area contributed by atoms with Crippen LogP contribution in [0.3, 0.4) is 0 Å². The first-order chi connectivity index (χ1) is 14.3. The van der Waals surface area contributed by atoms with Gasteiger partial charge in [-0.05, 0) is 44.5 Å². The molecule has 1 aliphatic rings. The molecule has 14 heteroatoms. The third-order valence-corrected chi connectivity index (χ3v) is 8.73. The average Bonchev–Trinajstić information content (AvgIpc) is 2.86. The molecule has 2 heterocycles. The van der Waals surface area contributed by atoms with E-state index in [1.54, 1.807) is 0 Å². The van der Waals surface area contributed by atoms with Gasteiger partial charge in [0, 0.05) is 26.2 Å². The number of aryl methyl sites for hydroxylation is 2.